The first-order valence-corrected chi connectivity index (χ1v) is 9.23. The number of piperazine rings is 1. The largest absolute Gasteiger partial charge is 0.448 e. The molecule has 0 spiro atoms. The van der Waals surface area contributed by atoms with Crippen LogP contribution in [0.2, 0.25) is 0 Å². The minimum atomic E-state index is -0.372. The van der Waals surface area contributed by atoms with Gasteiger partial charge in [-0.25, -0.2) is 4.79 Å². The Hall–Kier alpha value is -1.59. The van der Waals surface area contributed by atoms with Crippen LogP contribution in [0, 0.1) is 0 Å². The molecule has 24 heavy (non-hydrogen) atoms. The number of carbonyl (C=O) groups is 1. The van der Waals surface area contributed by atoms with Gasteiger partial charge in [-0.3, -0.25) is 15.1 Å². The Bertz CT molecular complexity index is 523. The molecule has 5 heteroatoms. The van der Waals surface area contributed by atoms with Crippen LogP contribution in [-0.2, 0) is 4.74 Å². The van der Waals surface area contributed by atoms with Crippen molar-refractivity contribution in [2.45, 2.75) is 44.7 Å². The van der Waals surface area contributed by atoms with E-state index in [1.807, 2.05) is 30.3 Å². The Morgan fingerprint density at radius 3 is 2.88 bits per heavy atom. The molecule has 132 valence electrons. The predicted molar refractivity (Wildman–Crippen MR) is 96.3 cm³/mol. The second-order valence-electron chi connectivity index (χ2n) is 6.84. The molecule has 2 heterocycles. The fraction of sp³-hybridized carbons (Fsp3) is 0.632. The van der Waals surface area contributed by atoms with E-state index in [0.29, 0.717) is 12.6 Å². The van der Waals surface area contributed by atoms with Gasteiger partial charge in [-0.05, 0) is 31.4 Å². The van der Waals surface area contributed by atoms with Crippen molar-refractivity contribution >= 4 is 11.8 Å². The predicted octanol–water partition coefficient (Wildman–Crippen LogP) is 3.18. The molecule has 0 aromatic heterocycles. The first-order valence-electron chi connectivity index (χ1n) is 9.23. The first kappa shape index (κ1) is 17.2. The van der Waals surface area contributed by atoms with E-state index in [1.54, 1.807) is 0 Å². The molecule has 2 fully saturated rings. The summed E-state index contributed by atoms with van der Waals surface area (Å²) in [7, 11) is 0. The van der Waals surface area contributed by atoms with Crippen molar-refractivity contribution < 1.29 is 9.53 Å². The average Bonchev–Trinajstić information content (AvgIpc) is 2.98. The highest BCUT2D eigenvalue weighted by molar-refractivity contribution is 5.84. The Balaban J connectivity index is 1.35. The van der Waals surface area contributed by atoms with E-state index >= 15 is 0 Å². The number of benzene rings is 1. The molecular formula is C19H29N3O2. The molecule has 2 unspecified atom stereocenters. The third kappa shape index (κ3) is 4.48. The Morgan fingerprint density at radius 2 is 2.08 bits per heavy atom. The molecule has 2 saturated heterocycles. The maximum atomic E-state index is 11.8. The van der Waals surface area contributed by atoms with Crippen molar-refractivity contribution in [2.75, 3.05) is 38.1 Å². The lowest BCUT2D eigenvalue weighted by molar-refractivity contribution is 0.0612. The fourth-order valence-corrected chi connectivity index (χ4v) is 4.01. The van der Waals surface area contributed by atoms with E-state index in [4.69, 9.17) is 4.74 Å². The number of ether oxygens (including phenoxy) is 1. The zero-order chi connectivity index (χ0) is 16.8. The summed E-state index contributed by atoms with van der Waals surface area (Å²) in [6, 6.07) is 10.9. The highest BCUT2D eigenvalue weighted by atomic mass is 16.5. The van der Waals surface area contributed by atoms with E-state index in [2.05, 4.69) is 22.0 Å². The monoisotopic (exact) mass is 331 g/mol. The van der Waals surface area contributed by atoms with Crippen LogP contribution in [-0.4, -0.2) is 60.8 Å². The normalized spacial score (nSPS) is 24.5. The SMILES string of the molecule is CCCC1CCC2CN(CCOC(=O)Nc3ccccc3)CCN12. The summed E-state index contributed by atoms with van der Waals surface area (Å²) >= 11 is 0. The van der Waals surface area contributed by atoms with Crippen LogP contribution in [0.3, 0.4) is 0 Å². The average molecular weight is 331 g/mol. The molecule has 2 aliphatic rings. The Labute approximate surface area is 145 Å². The number of hydrogen-bond acceptors (Lipinski definition) is 4. The van der Waals surface area contributed by atoms with Crippen LogP contribution in [0.4, 0.5) is 10.5 Å². The first-order chi connectivity index (χ1) is 11.8. The van der Waals surface area contributed by atoms with Gasteiger partial charge < -0.3 is 4.74 Å². The second-order valence-corrected chi connectivity index (χ2v) is 6.84. The third-order valence-corrected chi connectivity index (χ3v) is 5.20. The molecule has 1 amide bonds. The molecule has 1 N–H and O–H groups in total. The highest BCUT2D eigenvalue weighted by Crippen LogP contribution is 2.29. The number of rotatable bonds is 6. The lowest BCUT2D eigenvalue weighted by atomic mass is 10.1. The Morgan fingerprint density at radius 1 is 1.25 bits per heavy atom. The van der Waals surface area contributed by atoms with Crippen molar-refractivity contribution in [3.05, 3.63) is 30.3 Å². The van der Waals surface area contributed by atoms with Gasteiger partial charge in [0.25, 0.3) is 0 Å². The quantitative estimate of drug-likeness (QED) is 0.869. The van der Waals surface area contributed by atoms with Crippen molar-refractivity contribution in [1.82, 2.24) is 9.80 Å². The van der Waals surface area contributed by atoms with E-state index in [-0.39, 0.29) is 6.09 Å². The van der Waals surface area contributed by atoms with Gasteiger partial charge >= 0.3 is 6.09 Å². The maximum absolute atomic E-state index is 11.8. The summed E-state index contributed by atoms with van der Waals surface area (Å²) in [5.41, 5.74) is 0.768. The molecule has 0 radical (unpaired) electrons. The second kappa shape index (κ2) is 8.49. The topological polar surface area (TPSA) is 44.8 Å². The lowest BCUT2D eigenvalue weighted by Gasteiger charge is -2.40. The van der Waals surface area contributed by atoms with E-state index in [9.17, 15) is 4.79 Å². The summed E-state index contributed by atoms with van der Waals surface area (Å²) in [6.45, 7) is 6.91. The summed E-state index contributed by atoms with van der Waals surface area (Å²) in [5, 5.41) is 2.75. The molecule has 1 aromatic rings. The number of anilines is 1. The van der Waals surface area contributed by atoms with E-state index in [0.717, 1.165) is 37.9 Å². The van der Waals surface area contributed by atoms with E-state index < -0.39 is 0 Å². The van der Waals surface area contributed by atoms with Gasteiger partial charge in [0.1, 0.15) is 6.61 Å². The van der Waals surface area contributed by atoms with Crippen LogP contribution in [0.25, 0.3) is 0 Å². The number of nitrogens with zero attached hydrogens (tertiary/aromatic N) is 2. The molecule has 0 saturated carbocycles. The number of amides is 1. The van der Waals surface area contributed by atoms with Gasteiger partial charge in [0.05, 0.1) is 0 Å². The third-order valence-electron chi connectivity index (χ3n) is 5.20. The van der Waals surface area contributed by atoms with Crippen LogP contribution in [0.5, 0.6) is 0 Å². The maximum Gasteiger partial charge on any atom is 0.411 e. The molecule has 2 atom stereocenters. The van der Waals surface area contributed by atoms with Gasteiger partial charge in [-0.2, -0.15) is 0 Å². The van der Waals surface area contributed by atoms with Crippen molar-refractivity contribution in [3.8, 4) is 0 Å². The molecule has 5 nitrogen and oxygen atoms in total. The lowest BCUT2D eigenvalue weighted by Crippen LogP contribution is -2.53. The molecular weight excluding hydrogens is 302 g/mol. The van der Waals surface area contributed by atoms with Crippen molar-refractivity contribution in [3.63, 3.8) is 0 Å². The van der Waals surface area contributed by atoms with Crippen LogP contribution >= 0.6 is 0 Å². The molecule has 0 aliphatic carbocycles. The van der Waals surface area contributed by atoms with E-state index in [1.165, 1.54) is 25.7 Å². The fourth-order valence-electron chi connectivity index (χ4n) is 4.01. The molecule has 2 aliphatic heterocycles. The smallest absolute Gasteiger partial charge is 0.411 e. The van der Waals surface area contributed by atoms with Gasteiger partial charge in [0, 0.05) is 44.0 Å². The number of carbonyl (C=O) groups excluding carboxylic acids is 1. The number of fused-ring (bicyclic) bond motifs is 1. The van der Waals surface area contributed by atoms with Crippen LogP contribution in [0.15, 0.2) is 30.3 Å². The summed E-state index contributed by atoms with van der Waals surface area (Å²) < 4.78 is 5.31. The number of para-hydroxylation sites is 1. The zero-order valence-corrected chi connectivity index (χ0v) is 14.6. The van der Waals surface area contributed by atoms with Crippen LogP contribution in [0.1, 0.15) is 32.6 Å². The summed E-state index contributed by atoms with van der Waals surface area (Å²) in [6.07, 6.45) is 4.91. The van der Waals surface area contributed by atoms with Gasteiger partial charge in [-0.1, -0.05) is 31.5 Å². The minimum absolute atomic E-state index is 0.372. The van der Waals surface area contributed by atoms with Gasteiger partial charge in [0.15, 0.2) is 0 Å². The van der Waals surface area contributed by atoms with Crippen molar-refractivity contribution in [2.24, 2.45) is 0 Å². The summed E-state index contributed by atoms with van der Waals surface area (Å²) in [4.78, 5) is 16.9. The number of hydrogen-bond donors (Lipinski definition) is 1. The Kier molecular flexibility index (Phi) is 6.10. The minimum Gasteiger partial charge on any atom is -0.448 e. The highest BCUT2D eigenvalue weighted by Gasteiger charge is 2.36. The number of nitrogens with one attached hydrogen (secondary N) is 1. The molecule has 1 aromatic carbocycles. The van der Waals surface area contributed by atoms with Gasteiger partial charge in [-0.15, -0.1) is 0 Å². The standard InChI is InChI=1S/C19H29N3O2/c1-2-6-17-9-10-18-15-21(11-12-22(17)18)13-14-24-19(23)20-16-7-4-3-5-8-16/h3-5,7-8,17-18H,2,6,9-15H2,1H3,(H,20,23). The van der Waals surface area contributed by atoms with Crippen molar-refractivity contribution in [1.29, 1.82) is 0 Å². The molecule has 0 bridgehead atoms. The van der Waals surface area contributed by atoms with Gasteiger partial charge in [0.2, 0.25) is 0 Å². The molecule has 3 rings (SSSR count). The summed E-state index contributed by atoms with van der Waals surface area (Å²) in [5.74, 6) is 0. The van der Waals surface area contributed by atoms with Crippen LogP contribution < -0.4 is 5.32 Å². The zero-order valence-electron chi connectivity index (χ0n) is 14.6.